The van der Waals surface area contributed by atoms with E-state index in [0.717, 1.165) is 17.3 Å². The minimum Gasteiger partial charge on any atom is -0.336 e. The molecule has 0 spiro atoms. The number of hydrogen-bond donors (Lipinski definition) is 2. The number of nitrogens with zero attached hydrogens (tertiary/aromatic N) is 3. The third kappa shape index (κ3) is 3.35. The number of imide groups is 1. The molecule has 3 amide bonds. The molecule has 1 fully saturated rings. The van der Waals surface area contributed by atoms with Crippen LogP contribution in [0, 0.1) is 0 Å². The van der Waals surface area contributed by atoms with Gasteiger partial charge in [0.2, 0.25) is 5.91 Å². The third-order valence-electron chi connectivity index (χ3n) is 3.66. The van der Waals surface area contributed by atoms with Crippen LogP contribution in [-0.4, -0.2) is 49.9 Å². The van der Waals surface area contributed by atoms with Crippen molar-refractivity contribution in [2.45, 2.75) is 23.9 Å². The van der Waals surface area contributed by atoms with Crippen molar-refractivity contribution in [3.8, 4) is 0 Å². The first kappa shape index (κ1) is 16.3. The van der Waals surface area contributed by atoms with E-state index in [4.69, 9.17) is 0 Å². The number of nitrogens with one attached hydrogen (secondary N) is 2. The van der Waals surface area contributed by atoms with Crippen molar-refractivity contribution in [2.75, 3.05) is 13.1 Å². The van der Waals surface area contributed by atoms with E-state index in [1.165, 1.54) is 9.47 Å². The highest BCUT2D eigenvalue weighted by Crippen LogP contribution is 2.22. The summed E-state index contributed by atoms with van der Waals surface area (Å²) < 4.78 is 1.48. The van der Waals surface area contributed by atoms with Crippen LogP contribution in [-0.2, 0) is 11.3 Å². The summed E-state index contributed by atoms with van der Waals surface area (Å²) in [6, 6.07) is 9.14. The Balaban J connectivity index is 1.74. The van der Waals surface area contributed by atoms with Gasteiger partial charge in [-0.3, -0.25) is 14.3 Å². The number of thioether (sulfide) groups is 1. The summed E-state index contributed by atoms with van der Waals surface area (Å²) in [5.41, 5.74) is 0.626. The van der Waals surface area contributed by atoms with Gasteiger partial charge in [0.15, 0.2) is 5.16 Å². The molecular weight excluding hydrogens is 330 g/mol. The monoisotopic (exact) mass is 347 g/mol. The van der Waals surface area contributed by atoms with Crippen molar-refractivity contribution < 1.29 is 9.59 Å². The maximum atomic E-state index is 12.4. The van der Waals surface area contributed by atoms with Crippen LogP contribution in [0.25, 0.3) is 0 Å². The van der Waals surface area contributed by atoms with Crippen molar-refractivity contribution in [3.05, 3.63) is 46.4 Å². The topological polar surface area (TPSA) is 100 Å². The molecule has 126 valence electrons. The molecule has 2 aromatic rings. The van der Waals surface area contributed by atoms with Crippen LogP contribution in [0.4, 0.5) is 4.79 Å². The summed E-state index contributed by atoms with van der Waals surface area (Å²) >= 11 is 1.16. The van der Waals surface area contributed by atoms with Crippen molar-refractivity contribution in [1.82, 2.24) is 25.0 Å². The van der Waals surface area contributed by atoms with Gasteiger partial charge in [-0.1, -0.05) is 42.1 Å². The lowest BCUT2D eigenvalue weighted by molar-refractivity contribution is -0.126. The fraction of sp³-hybridized carbons (Fsp3) is 0.333. The van der Waals surface area contributed by atoms with Crippen LogP contribution >= 0.6 is 11.8 Å². The number of aromatic amines is 1. The van der Waals surface area contributed by atoms with Crippen molar-refractivity contribution in [2.24, 2.45) is 0 Å². The number of H-pyrrole nitrogens is 1. The Morgan fingerprint density at radius 3 is 2.75 bits per heavy atom. The molecule has 1 unspecified atom stereocenters. The summed E-state index contributed by atoms with van der Waals surface area (Å²) in [6.07, 6.45) is 0. The predicted octanol–water partition coefficient (Wildman–Crippen LogP) is 0.652. The van der Waals surface area contributed by atoms with Crippen LogP contribution < -0.4 is 11.0 Å². The molecule has 1 saturated heterocycles. The van der Waals surface area contributed by atoms with E-state index < -0.39 is 5.25 Å². The largest absolute Gasteiger partial charge is 0.344 e. The first-order valence-corrected chi connectivity index (χ1v) is 8.39. The Kier molecular flexibility index (Phi) is 4.70. The molecule has 24 heavy (non-hydrogen) atoms. The minimum absolute atomic E-state index is 0.295. The zero-order chi connectivity index (χ0) is 17.1. The van der Waals surface area contributed by atoms with E-state index in [9.17, 15) is 14.4 Å². The lowest BCUT2D eigenvalue weighted by Gasteiger charge is -2.17. The van der Waals surface area contributed by atoms with Gasteiger partial charge in [0.1, 0.15) is 0 Å². The number of carbonyl (C=O) groups is 2. The molecule has 3 rings (SSSR count). The molecule has 1 aliphatic rings. The quantitative estimate of drug-likeness (QED) is 0.774. The molecule has 1 aromatic carbocycles. The molecular formula is C15H17N5O3S. The fourth-order valence-corrected chi connectivity index (χ4v) is 3.33. The Hall–Kier alpha value is -2.55. The van der Waals surface area contributed by atoms with E-state index in [0.29, 0.717) is 24.8 Å². The smallest absolute Gasteiger partial charge is 0.336 e. The number of aromatic nitrogens is 3. The van der Waals surface area contributed by atoms with Gasteiger partial charge in [-0.25, -0.2) is 14.7 Å². The summed E-state index contributed by atoms with van der Waals surface area (Å²) in [6.45, 7) is 2.89. The van der Waals surface area contributed by atoms with Gasteiger partial charge in [0.25, 0.3) is 0 Å². The van der Waals surface area contributed by atoms with Crippen LogP contribution in [0.5, 0.6) is 0 Å². The standard InChI is InChI=1S/C15H17N5O3S/c1-10(12(21)19-8-7-16-13(19)22)24-15-18-17-14(23)20(15)9-11-5-3-2-4-6-11/h2-6,10H,7-9H2,1H3,(H,16,22)(H,17,23). The number of amides is 3. The Morgan fingerprint density at radius 2 is 2.08 bits per heavy atom. The molecule has 0 radical (unpaired) electrons. The van der Waals surface area contributed by atoms with Gasteiger partial charge >= 0.3 is 11.7 Å². The Morgan fingerprint density at radius 1 is 1.33 bits per heavy atom. The van der Waals surface area contributed by atoms with Gasteiger partial charge in [0.05, 0.1) is 11.8 Å². The minimum atomic E-state index is -0.529. The maximum absolute atomic E-state index is 12.4. The van der Waals surface area contributed by atoms with Gasteiger partial charge < -0.3 is 5.32 Å². The molecule has 8 nitrogen and oxygen atoms in total. The summed E-state index contributed by atoms with van der Waals surface area (Å²) in [7, 11) is 0. The number of rotatable bonds is 5. The second-order valence-electron chi connectivity index (χ2n) is 5.36. The zero-order valence-electron chi connectivity index (χ0n) is 13.1. The molecule has 1 aliphatic heterocycles. The number of carbonyl (C=O) groups excluding carboxylic acids is 2. The zero-order valence-corrected chi connectivity index (χ0v) is 13.9. The van der Waals surface area contributed by atoms with Crippen LogP contribution in [0.1, 0.15) is 12.5 Å². The molecule has 1 aromatic heterocycles. The Labute approximate surface area is 142 Å². The average molecular weight is 347 g/mol. The van der Waals surface area contributed by atoms with Crippen LogP contribution in [0.15, 0.2) is 40.3 Å². The average Bonchev–Trinajstić information content (AvgIpc) is 3.15. The van der Waals surface area contributed by atoms with E-state index in [-0.39, 0.29) is 17.6 Å². The molecule has 2 heterocycles. The van der Waals surface area contributed by atoms with E-state index in [2.05, 4.69) is 15.5 Å². The normalized spacial score (nSPS) is 15.4. The highest BCUT2D eigenvalue weighted by atomic mass is 32.2. The molecule has 2 N–H and O–H groups in total. The van der Waals surface area contributed by atoms with Crippen LogP contribution in [0.2, 0.25) is 0 Å². The SMILES string of the molecule is CC(Sc1n[nH]c(=O)n1Cc1ccccc1)C(=O)N1CCNC1=O. The van der Waals surface area contributed by atoms with E-state index in [1.807, 2.05) is 30.3 Å². The summed E-state index contributed by atoms with van der Waals surface area (Å²) in [5, 5.41) is 8.90. The summed E-state index contributed by atoms with van der Waals surface area (Å²) in [5.74, 6) is -0.295. The molecule has 0 bridgehead atoms. The lowest BCUT2D eigenvalue weighted by Crippen LogP contribution is -2.39. The highest BCUT2D eigenvalue weighted by molar-refractivity contribution is 8.00. The van der Waals surface area contributed by atoms with Gasteiger partial charge in [-0.2, -0.15) is 0 Å². The first-order valence-electron chi connectivity index (χ1n) is 7.51. The number of benzene rings is 1. The number of urea groups is 1. The highest BCUT2D eigenvalue weighted by Gasteiger charge is 2.31. The molecule has 1 atom stereocenters. The maximum Gasteiger partial charge on any atom is 0.344 e. The number of hydrogen-bond acceptors (Lipinski definition) is 5. The molecule has 9 heteroatoms. The van der Waals surface area contributed by atoms with Crippen LogP contribution in [0.3, 0.4) is 0 Å². The fourth-order valence-electron chi connectivity index (χ4n) is 2.41. The summed E-state index contributed by atoms with van der Waals surface area (Å²) in [4.78, 5) is 37.1. The first-order chi connectivity index (χ1) is 11.6. The molecule has 0 saturated carbocycles. The third-order valence-corrected chi connectivity index (χ3v) is 4.74. The van der Waals surface area contributed by atoms with Crippen molar-refractivity contribution in [3.63, 3.8) is 0 Å². The van der Waals surface area contributed by atoms with E-state index in [1.54, 1.807) is 6.92 Å². The van der Waals surface area contributed by atoms with Crippen molar-refractivity contribution >= 4 is 23.7 Å². The predicted molar refractivity (Wildman–Crippen MR) is 88.8 cm³/mol. The van der Waals surface area contributed by atoms with Gasteiger partial charge in [0, 0.05) is 13.1 Å². The van der Waals surface area contributed by atoms with Crippen molar-refractivity contribution in [1.29, 1.82) is 0 Å². The second kappa shape index (κ2) is 6.91. The van der Waals surface area contributed by atoms with Gasteiger partial charge in [-0.15, -0.1) is 5.10 Å². The second-order valence-corrected chi connectivity index (χ2v) is 6.67. The van der Waals surface area contributed by atoms with Gasteiger partial charge in [-0.05, 0) is 12.5 Å². The van der Waals surface area contributed by atoms with E-state index >= 15 is 0 Å². The Bertz CT molecular complexity index is 801. The lowest BCUT2D eigenvalue weighted by atomic mass is 10.2. The molecule has 0 aliphatic carbocycles.